The molecule has 2 atom stereocenters. The largest absolute Gasteiger partial charge is 0.364 e. The van der Waals surface area contributed by atoms with Crippen LogP contribution in [-0.4, -0.2) is 17.9 Å². The van der Waals surface area contributed by atoms with E-state index in [2.05, 4.69) is 42.8 Å². The minimum absolute atomic E-state index is 0.321. The molecule has 0 saturated carbocycles. The normalized spacial score (nSPS) is 13.1. The number of amides is 1. The van der Waals surface area contributed by atoms with Gasteiger partial charge in [-0.15, -0.1) is 0 Å². The van der Waals surface area contributed by atoms with E-state index < -0.39 is 5.91 Å². The van der Waals surface area contributed by atoms with E-state index in [-0.39, 0.29) is 0 Å². The Kier molecular flexibility index (Phi) is 8.49. The molecular formula is C24H35N3O. The smallest absolute Gasteiger partial charge is 0.267 e. The second kappa shape index (κ2) is 10.8. The van der Waals surface area contributed by atoms with Crippen molar-refractivity contribution in [2.45, 2.75) is 65.3 Å². The van der Waals surface area contributed by atoms with Gasteiger partial charge >= 0.3 is 0 Å². The SMILES string of the molecule is CCCCCCC(C)C(C)c1ccc(C(N)=O)nc1N(C)Cc1ccccc1. The highest BCUT2D eigenvalue weighted by molar-refractivity contribution is 5.91. The maximum atomic E-state index is 11.7. The van der Waals surface area contributed by atoms with E-state index in [1.165, 1.54) is 43.2 Å². The first-order valence-electron chi connectivity index (χ1n) is 10.5. The predicted octanol–water partition coefficient (Wildman–Crippen LogP) is 5.53. The third-order valence-corrected chi connectivity index (χ3v) is 5.64. The molecular weight excluding hydrogens is 346 g/mol. The third-order valence-electron chi connectivity index (χ3n) is 5.64. The van der Waals surface area contributed by atoms with Crippen molar-refractivity contribution < 1.29 is 4.79 Å². The Morgan fingerprint density at radius 1 is 1.07 bits per heavy atom. The summed E-state index contributed by atoms with van der Waals surface area (Å²) in [6.07, 6.45) is 6.34. The molecule has 2 unspecified atom stereocenters. The molecule has 0 aliphatic heterocycles. The Balaban J connectivity index is 2.23. The molecule has 0 aliphatic carbocycles. The van der Waals surface area contributed by atoms with Crippen LogP contribution in [-0.2, 0) is 6.54 Å². The first-order valence-corrected chi connectivity index (χ1v) is 10.5. The van der Waals surface area contributed by atoms with Gasteiger partial charge in [-0.05, 0) is 29.0 Å². The van der Waals surface area contributed by atoms with Crippen molar-refractivity contribution in [3.8, 4) is 0 Å². The van der Waals surface area contributed by atoms with Crippen LogP contribution < -0.4 is 10.6 Å². The summed E-state index contributed by atoms with van der Waals surface area (Å²) in [4.78, 5) is 18.4. The van der Waals surface area contributed by atoms with Gasteiger partial charge < -0.3 is 10.6 Å². The first kappa shape index (κ1) is 21.9. The summed E-state index contributed by atoms with van der Waals surface area (Å²) in [5, 5.41) is 0. The highest BCUT2D eigenvalue weighted by Crippen LogP contribution is 2.34. The molecule has 2 N–H and O–H groups in total. The third kappa shape index (κ3) is 6.08. The molecule has 1 amide bonds. The van der Waals surface area contributed by atoms with Crippen LogP contribution in [0.2, 0.25) is 0 Å². The molecule has 1 aromatic heterocycles. The van der Waals surface area contributed by atoms with Gasteiger partial charge in [0.05, 0.1) is 0 Å². The van der Waals surface area contributed by atoms with Crippen LogP contribution in [0.3, 0.4) is 0 Å². The summed E-state index contributed by atoms with van der Waals surface area (Å²) in [5.74, 6) is 1.29. The van der Waals surface area contributed by atoms with Crippen molar-refractivity contribution in [1.82, 2.24) is 4.98 Å². The lowest BCUT2D eigenvalue weighted by atomic mass is 9.85. The van der Waals surface area contributed by atoms with Crippen molar-refractivity contribution in [1.29, 1.82) is 0 Å². The van der Waals surface area contributed by atoms with E-state index >= 15 is 0 Å². The molecule has 2 aromatic rings. The van der Waals surface area contributed by atoms with Crippen molar-refractivity contribution in [3.05, 3.63) is 59.3 Å². The summed E-state index contributed by atoms with van der Waals surface area (Å²) >= 11 is 0. The standard InChI is InChI=1S/C24H35N3O/c1-5-6-7-9-12-18(2)19(3)21-15-16-22(23(25)28)26-24(21)27(4)17-20-13-10-8-11-14-20/h8,10-11,13-16,18-19H,5-7,9,12,17H2,1-4H3,(H2,25,28). The lowest BCUT2D eigenvalue weighted by Crippen LogP contribution is -2.23. The van der Waals surface area contributed by atoms with Crippen LogP contribution in [0.1, 0.15) is 80.4 Å². The molecule has 4 nitrogen and oxygen atoms in total. The van der Waals surface area contributed by atoms with Crippen LogP contribution in [0, 0.1) is 5.92 Å². The zero-order valence-electron chi connectivity index (χ0n) is 17.8. The first-order chi connectivity index (χ1) is 13.4. The molecule has 28 heavy (non-hydrogen) atoms. The number of hydrogen-bond donors (Lipinski definition) is 1. The number of aromatic nitrogens is 1. The number of nitrogens with zero attached hydrogens (tertiary/aromatic N) is 2. The number of primary amides is 1. The highest BCUT2D eigenvalue weighted by Gasteiger charge is 2.21. The maximum absolute atomic E-state index is 11.7. The quantitative estimate of drug-likeness (QED) is 0.521. The predicted molar refractivity (Wildman–Crippen MR) is 118 cm³/mol. The topological polar surface area (TPSA) is 59.2 Å². The minimum Gasteiger partial charge on any atom is -0.364 e. The lowest BCUT2D eigenvalue weighted by molar-refractivity contribution is 0.0995. The summed E-state index contributed by atoms with van der Waals surface area (Å²) in [7, 11) is 2.03. The number of carbonyl (C=O) groups excluding carboxylic acids is 1. The molecule has 0 radical (unpaired) electrons. The number of nitrogens with two attached hydrogens (primary N) is 1. The highest BCUT2D eigenvalue weighted by atomic mass is 16.1. The van der Waals surface area contributed by atoms with Gasteiger partial charge in [-0.1, -0.05) is 89.3 Å². The Morgan fingerprint density at radius 3 is 2.43 bits per heavy atom. The molecule has 0 aliphatic rings. The fraction of sp³-hybridized carbons (Fsp3) is 0.500. The fourth-order valence-electron chi connectivity index (χ4n) is 3.64. The van der Waals surface area contributed by atoms with E-state index in [0.29, 0.717) is 17.5 Å². The second-order valence-electron chi connectivity index (χ2n) is 7.93. The number of carbonyl (C=O) groups is 1. The lowest BCUT2D eigenvalue weighted by Gasteiger charge is -2.27. The second-order valence-corrected chi connectivity index (χ2v) is 7.93. The van der Waals surface area contributed by atoms with Crippen LogP contribution in [0.5, 0.6) is 0 Å². The number of anilines is 1. The number of rotatable bonds is 11. The molecule has 0 spiro atoms. The van der Waals surface area contributed by atoms with Crippen LogP contribution >= 0.6 is 0 Å². The maximum Gasteiger partial charge on any atom is 0.267 e. The van der Waals surface area contributed by atoms with Gasteiger partial charge in [0, 0.05) is 13.6 Å². The summed E-state index contributed by atoms with van der Waals surface area (Å²) < 4.78 is 0. The Bertz CT molecular complexity index is 745. The zero-order valence-corrected chi connectivity index (χ0v) is 17.8. The number of unbranched alkanes of at least 4 members (excludes halogenated alkanes) is 3. The molecule has 152 valence electrons. The average Bonchev–Trinajstić information content (AvgIpc) is 2.70. The zero-order chi connectivity index (χ0) is 20.5. The van der Waals surface area contributed by atoms with Gasteiger partial charge in [0.1, 0.15) is 11.5 Å². The van der Waals surface area contributed by atoms with Gasteiger partial charge in [-0.25, -0.2) is 4.98 Å². The van der Waals surface area contributed by atoms with Gasteiger partial charge in [-0.3, -0.25) is 4.79 Å². The summed E-state index contributed by atoms with van der Waals surface area (Å²) in [6, 6.07) is 14.1. The van der Waals surface area contributed by atoms with Gasteiger partial charge in [0.15, 0.2) is 0 Å². The Hall–Kier alpha value is -2.36. The molecule has 2 rings (SSSR count). The van der Waals surface area contributed by atoms with Crippen LogP contribution in [0.4, 0.5) is 5.82 Å². The number of pyridine rings is 1. The Labute approximate surface area is 170 Å². The van der Waals surface area contributed by atoms with Crippen LogP contribution in [0.15, 0.2) is 42.5 Å². The van der Waals surface area contributed by atoms with Gasteiger partial charge in [-0.2, -0.15) is 0 Å². The number of hydrogen-bond acceptors (Lipinski definition) is 3. The summed E-state index contributed by atoms with van der Waals surface area (Å²) in [6.45, 7) is 7.57. The average molecular weight is 382 g/mol. The minimum atomic E-state index is -0.485. The number of benzene rings is 1. The Morgan fingerprint density at radius 2 is 1.79 bits per heavy atom. The molecule has 1 heterocycles. The summed E-state index contributed by atoms with van der Waals surface area (Å²) in [5.41, 5.74) is 8.21. The van der Waals surface area contributed by atoms with Gasteiger partial charge in [0.25, 0.3) is 5.91 Å². The van der Waals surface area contributed by atoms with Gasteiger partial charge in [0.2, 0.25) is 0 Å². The van der Waals surface area contributed by atoms with E-state index in [9.17, 15) is 4.79 Å². The fourth-order valence-corrected chi connectivity index (χ4v) is 3.64. The molecule has 0 fully saturated rings. The molecule has 0 bridgehead atoms. The monoisotopic (exact) mass is 381 g/mol. The van der Waals surface area contributed by atoms with E-state index in [1.807, 2.05) is 31.3 Å². The van der Waals surface area contributed by atoms with E-state index in [0.717, 1.165) is 12.4 Å². The molecule has 4 heteroatoms. The van der Waals surface area contributed by atoms with Crippen molar-refractivity contribution >= 4 is 11.7 Å². The van der Waals surface area contributed by atoms with Crippen molar-refractivity contribution in [2.24, 2.45) is 11.7 Å². The van der Waals surface area contributed by atoms with Crippen molar-refractivity contribution in [3.63, 3.8) is 0 Å². The van der Waals surface area contributed by atoms with Crippen LogP contribution in [0.25, 0.3) is 0 Å². The van der Waals surface area contributed by atoms with E-state index in [4.69, 9.17) is 5.73 Å². The molecule has 0 saturated heterocycles. The van der Waals surface area contributed by atoms with Crippen molar-refractivity contribution in [2.75, 3.05) is 11.9 Å². The van der Waals surface area contributed by atoms with E-state index in [1.54, 1.807) is 6.07 Å². The molecule has 1 aromatic carbocycles.